The van der Waals surface area contributed by atoms with Crippen molar-refractivity contribution in [3.05, 3.63) is 36.2 Å². The summed E-state index contributed by atoms with van der Waals surface area (Å²) in [7, 11) is 0. The first kappa shape index (κ1) is 19.7. The highest BCUT2D eigenvalue weighted by molar-refractivity contribution is 5.84. The van der Waals surface area contributed by atoms with Crippen LogP contribution in [0.3, 0.4) is 0 Å². The standard InChI is InChI=1S/C21H27FN4O3/c1-20(2,3)29-19(28)25-10-13-14(11-25)16(13)17(27)24-21(4,5)18-23-9-12-7-6-8-15(22)26(12)18/h6-9,13-14,16H,10-11H2,1-5H3,(H,24,27)/t13-,14+,16?. The summed E-state index contributed by atoms with van der Waals surface area (Å²) in [6, 6.07) is 4.77. The summed E-state index contributed by atoms with van der Waals surface area (Å²) in [5.74, 6) is 0.0962. The number of amides is 2. The zero-order valence-electron chi connectivity index (χ0n) is 17.4. The number of carbonyl (C=O) groups is 2. The predicted octanol–water partition coefficient (Wildman–Crippen LogP) is 2.94. The van der Waals surface area contributed by atoms with Crippen LogP contribution < -0.4 is 5.32 Å². The van der Waals surface area contributed by atoms with Crippen LogP contribution in [0.5, 0.6) is 0 Å². The van der Waals surface area contributed by atoms with Crippen molar-refractivity contribution in [2.45, 2.75) is 45.8 Å². The maximum Gasteiger partial charge on any atom is 0.410 e. The summed E-state index contributed by atoms with van der Waals surface area (Å²) < 4.78 is 21.1. The second kappa shape index (κ2) is 6.43. The van der Waals surface area contributed by atoms with E-state index in [2.05, 4.69) is 10.3 Å². The molecule has 1 saturated carbocycles. The molecular formula is C21H27FN4O3. The second-order valence-corrected chi connectivity index (χ2v) is 9.54. The van der Waals surface area contributed by atoms with Gasteiger partial charge in [-0.1, -0.05) is 6.07 Å². The van der Waals surface area contributed by atoms with Crippen molar-refractivity contribution in [1.82, 2.24) is 19.6 Å². The number of imidazole rings is 1. The number of hydrogen-bond donors (Lipinski definition) is 1. The molecule has 1 saturated heterocycles. The molecule has 0 spiro atoms. The summed E-state index contributed by atoms with van der Waals surface area (Å²) in [5.41, 5.74) is -0.737. The number of aromatic nitrogens is 2. The van der Waals surface area contributed by atoms with Gasteiger partial charge in [-0.3, -0.25) is 9.20 Å². The largest absolute Gasteiger partial charge is 0.444 e. The van der Waals surface area contributed by atoms with Crippen molar-refractivity contribution in [2.24, 2.45) is 17.8 Å². The number of nitrogens with zero attached hydrogens (tertiary/aromatic N) is 3. The molecule has 29 heavy (non-hydrogen) atoms. The fraction of sp³-hybridized carbons (Fsp3) is 0.571. The van der Waals surface area contributed by atoms with Crippen LogP contribution in [-0.4, -0.2) is 45.0 Å². The third kappa shape index (κ3) is 3.56. The Hall–Kier alpha value is -2.64. The van der Waals surface area contributed by atoms with Gasteiger partial charge in [-0.05, 0) is 58.6 Å². The van der Waals surface area contributed by atoms with E-state index in [-0.39, 0.29) is 29.8 Å². The SMILES string of the molecule is CC(C)(C)OC(=O)N1C[C@@H]2C(C(=O)NC(C)(C)c3ncc4cccc(F)n34)[C@@H]2C1. The Morgan fingerprint density at radius 2 is 1.83 bits per heavy atom. The van der Waals surface area contributed by atoms with E-state index in [1.54, 1.807) is 23.2 Å². The molecule has 0 radical (unpaired) electrons. The van der Waals surface area contributed by atoms with Crippen molar-refractivity contribution in [2.75, 3.05) is 13.1 Å². The van der Waals surface area contributed by atoms with E-state index in [4.69, 9.17) is 4.74 Å². The Morgan fingerprint density at radius 3 is 2.45 bits per heavy atom. The monoisotopic (exact) mass is 402 g/mol. The number of pyridine rings is 1. The number of piperidine rings is 1. The van der Waals surface area contributed by atoms with Crippen LogP contribution in [0.2, 0.25) is 0 Å². The first-order valence-corrected chi connectivity index (χ1v) is 9.90. The van der Waals surface area contributed by atoms with Crippen molar-refractivity contribution in [3.63, 3.8) is 0 Å². The molecule has 4 rings (SSSR count). The number of likely N-dealkylation sites (tertiary alicyclic amines) is 1. The van der Waals surface area contributed by atoms with Crippen molar-refractivity contribution < 1.29 is 18.7 Å². The van der Waals surface area contributed by atoms with Crippen LogP contribution in [0, 0.1) is 23.7 Å². The summed E-state index contributed by atoms with van der Waals surface area (Å²) in [4.78, 5) is 31.1. The Kier molecular flexibility index (Phi) is 4.36. The van der Waals surface area contributed by atoms with Crippen molar-refractivity contribution in [1.29, 1.82) is 0 Å². The molecule has 1 aliphatic carbocycles. The lowest BCUT2D eigenvalue weighted by Gasteiger charge is -2.27. The van der Waals surface area contributed by atoms with Crippen LogP contribution in [0.15, 0.2) is 24.4 Å². The van der Waals surface area contributed by atoms with Gasteiger partial charge in [-0.2, -0.15) is 4.39 Å². The number of halogens is 1. The zero-order valence-corrected chi connectivity index (χ0v) is 17.4. The molecule has 7 nitrogen and oxygen atoms in total. The third-order valence-electron chi connectivity index (χ3n) is 5.65. The number of carbonyl (C=O) groups excluding carboxylic acids is 2. The molecule has 156 valence electrons. The Balaban J connectivity index is 1.41. The molecule has 3 heterocycles. The fourth-order valence-corrected chi connectivity index (χ4v) is 4.29. The zero-order chi connectivity index (χ0) is 21.1. The van der Waals surface area contributed by atoms with E-state index in [1.165, 1.54) is 10.5 Å². The lowest BCUT2D eigenvalue weighted by atomic mass is 10.0. The molecule has 0 bridgehead atoms. The molecule has 2 fully saturated rings. The van der Waals surface area contributed by atoms with Gasteiger partial charge in [0.1, 0.15) is 11.4 Å². The molecule has 0 aromatic carbocycles. The number of ether oxygens (including phenoxy) is 1. The summed E-state index contributed by atoms with van der Waals surface area (Å²) in [6.45, 7) is 10.2. The highest BCUT2D eigenvalue weighted by Gasteiger charge is 2.61. The van der Waals surface area contributed by atoms with Crippen molar-refractivity contribution in [3.8, 4) is 0 Å². The Labute approximate surface area is 169 Å². The predicted molar refractivity (Wildman–Crippen MR) is 105 cm³/mol. The molecule has 2 aromatic rings. The molecule has 2 aromatic heterocycles. The van der Waals surface area contributed by atoms with Crippen LogP contribution >= 0.6 is 0 Å². The fourth-order valence-electron chi connectivity index (χ4n) is 4.29. The molecule has 1 N–H and O–H groups in total. The van der Waals surface area contributed by atoms with E-state index < -0.39 is 17.1 Å². The second-order valence-electron chi connectivity index (χ2n) is 9.54. The molecule has 2 amide bonds. The van der Waals surface area contributed by atoms with E-state index in [1.807, 2.05) is 34.6 Å². The maximum atomic E-state index is 14.3. The van der Waals surface area contributed by atoms with Crippen LogP contribution in [0.4, 0.5) is 9.18 Å². The number of nitrogens with one attached hydrogen (secondary N) is 1. The highest BCUT2D eigenvalue weighted by Crippen LogP contribution is 2.52. The smallest absolute Gasteiger partial charge is 0.410 e. The van der Waals surface area contributed by atoms with Gasteiger partial charge < -0.3 is 15.0 Å². The third-order valence-corrected chi connectivity index (χ3v) is 5.65. The average molecular weight is 402 g/mol. The van der Waals surface area contributed by atoms with Gasteiger partial charge in [0.2, 0.25) is 5.91 Å². The van der Waals surface area contributed by atoms with Crippen LogP contribution in [-0.2, 0) is 15.1 Å². The topological polar surface area (TPSA) is 75.9 Å². The minimum atomic E-state index is -0.840. The van der Waals surface area contributed by atoms with Crippen molar-refractivity contribution >= 4 is 17.5 Å². The first-order valence-electron chi connectivity index (χ1n) is 9.90. The van der Waals surface area contributed by atoms with E-state index in [9.17, 15) is 14.0 Å². The van der Waals surface area contributed by atoms with Gasteiger partial charge in [-0.15, -0.1) is 0 Å². The summed E-state index contributed by atoms with van der Waals surface area (Å²) in [5, 5.41) is 3.03. The van der Waals surface area contributed by atoms with Crippen LogP contribution in [0.25, 0.3) is 5.52 Å². The molecule has 1 unspecified atom stereocenters. The number of hydrogen-bond acceptors (Lipinski definition) is 4. The minimum absolute atomic E-state index is 0.0815. The molecule has 3 atom stereocenters. The molecule has 2 aliphatic rings. The van der Waals surface area contributed by atoms with Gasteiger partial charge >= 0.3 is 6.09 Å². The van der Waals surface area contributed by atoms with E-state index >= 15 is 0 Å². The Bertz CT molecular complexity index is 966. The van der Waals surface area contributed by atoms with Gasteiger partial charge in [0.15, 0.2) is 5.95 Å². The maximum absolute atomic E-state index is 14.3. The average Bonchev–Trinajstić information content (AvgIpc) is 2.96. The number of rotatable bonds is 3. The quantitative estimate of drug-likeness (QED) is 0.801. The highest BCUT2D eigenvalue weighted by atomic mass is 19.1. The lowest BCUT2D eigenvalue weighted by molar-refractivity contribution is -0.125. The molecule has 8 heteroatoms. The van der Waals surface area contributed by atoms with Crippen LogP contribution in [0.1, 0.15) is 40.4 Å². The van der Waals surface area contributed by atoms with Gasteiger partial charge in [0.05, 0.1) is 17.3 Å². The number of fused-ring (bicyclic) bond motifs is 2. The summed E-state index contributed by atoms with van der Waals surface area (Å²) in [6.07, 6.45) is 1.26. The van der Waals surface area contributed by atoms with Gasteiger partial charge in [0, 0.05) is 19.0 Å². The molecular weight excluding hydrogens is 375 g/mol. The van der Waals surface area contributed by atoms with Gasteiger partial charge in [-0.25, -0.2) is 9.78 Å². The minimum Gasteiger partial charge on any atom is -0.444 e. The Morgan fingerprint density at radius 1 is 1.17 bits per heavy atom. The van der Waals surface area contributed by atoms with E-state index in [0.717, 1.165) is 0 Å². The molecule has 1 aliphatic heterocycles. The summed E-state index contributed by atoms with van der Waals surface area (Å²) >= 11 is 0. The van der Waals surface area contributed by atoms with Gasteiger partial charge in [0.25, 0.3) is 0 Å². The first-order chi connectivity index (χ1) is 13.5. The van der Waals surface area contributed by atoms with E-state index in [0.29, 0.717) is 24.4 Å². The normalized spacial score (nSPS) is 23.8. The lowest BCUT2D eigenvalue weighted by Crippen LogP contribution is -2.45.